The first-order chi connectivity index (χ1) is 14.4. The van der Waals surface area contributed by atoms with Gasteiger partial charge in [-0.15, -0.1) is 0 Å². The topological polar surface area (TPSA) is 105 Å². The van der Waals surface area contributed by atoms with Crippen LogP contribution in [0.5, 0.6) is 0 Å². The van der Waals surface area contributed by atoms with Crippen LogP contribution in [0, 0.1) is 6.92 Å². The molecule has 0 bridgehead atoms. The molecular weight excluding hydrogens is 386 g/mol. The van der Waals surface area contributed by atoms with E-state index in [1.165, 1.54) is 9.80 Å². The quantitative estimate of drug-likeness (QED) is 0.591. The Balaban J connectivity index is 1.84. The highest BCUT2D eigenvalue weighted by atomic mass is 16.5. The van der Waals surface area contributed by atoms with Gasteiger partial charge in [-0.1, -0.05) is 25.1 Å². The first kappa shape index (κ1) is 22.8. The molecule has 0 aliphatic rings. The van der Waals surface area contributed by atoms with Crippen molar-refractivity contribution in [1.29, 1.82) is 0 Å². The maximum Gasteiger partial charge on any atom is 0.326 e. The molecule has 9 heteroatoms. The van der Waals surface area contributed by atoms with E-state index in [-0.39, 0.29) is 19.0 Å². The van der Waals surface area contributed by atoms with Crippen LogP contribution in [-0.2, 0) is 19.1 Å². The number of nitrogens with zero attached hydrogens (tertiary/aromatic N) is 4. The lowest BCUT2D eigenvalue weighted by Crippen LogP contribution is -2.41. The molecule has 0 saturated heterocycles. The van der Waals surface area contributed by atoms with E-state index in [0.717, 1.165) is 5.56 Å². The van der Waals surface area contributed by atoms with E-state index in [4.69, 9.17) is 4.74 Å². The number of nitrogens with one attached hydrogen (secondary N) is 1. The normalized spacial score (nSPS) is 10.2. The number of anilines is 2. The molecule has 0 aliphatic heterocycles. The lowest BCUT2D eigenvalue weighted by atomic mass is 10.2. The second-order valence-electron chi connectivity index (χ2n) is 6.74. The largest absolute Gasteiger partial charge is 0.454 e. The van der Waals surface area contributed by atoms with Gasteiger partial charge in [-0.05, 0) is 31.0 Å². The molecule has 0 radical (unpaired) electrons. The van der Waals surface area contributed by atoms with Crippen LogP contribution >= 0.6 is 0 Å². The Labute approximate surface area is 176 Å². The number of carbonyl (C=O) groups excluding carboxylic acids is 3. The minimum absolute atomic E-state index is 0.0984. The summed E-state index contributed by atoms with van der Waals surface area (Å²) >= 11 is 0. The van der Waals surface area contributed by atoms with Crippen LogP contribution in [0.4, 0.5) is 11.6 Å². The standard InChI is InChI=1S/C21H27N5O4/c1-4-12-26(13-18(27)24-17-9-6-5-8-16(17)2)19(28)15-30-20(29)14-25(3)21-22-10-7-11-23-21/h5-11H,4,12-15H2,1-3H3,(H,24,27). The summed E-state index contributed by atoms with van der Waals surface area (Å²) in [5, 5.41) is 2.80. The van der Waals surface area contributed by atoms with Crippen molar-refractivity contribution in [3.05, 3.63) is 48.3 Å². The van der Waals surface area contributed by atoms with Gasteiger partial charge in [-0.2, -0.15) is 0 Å². The molecule has 30 heavy (non-hydrogen) atoms. The lowest BCUT2D eigenvalue weighted by molar-refractivity contribution is -0.151. The second kappa shape index (κ2) is 11.5. The molecule has 2 aromatic rings. The summed E-state index contributed by atoms with van der Waals surface area (Å²) in [6, 6.07) is 9.07. The van der Waals surface area contributed by atoms with Crippen LogP contribution in [0.2, 0.25) is 0 Å². The summed E-state index contributed by atoms with van der Waals surface area (Å²) in [7, 11) is 1.65. The molecule has 0 saturated carbocycles. The first-order valence-corrected chi connectivity index (χ1v) is 9.67. The number of aryl methyl sites for hydroxylation is 1. The molecule has 1 aromatic carbocycles. The molecule has 1 heterocycles. The Hall–Kier alpha value is -3.49. The highest BCUT2D eigenvalue weighted by Gasteiger charge is 2.19. The fraction of sp³-hybridized carbons (Fsp3) is 0.381. The van der Waals surface area contributed by atoms with E-state index in [9.17, 15) is 14.4 Å². The average Bonchev–Trinajstić information content (AvgIpc) is 2.74. The Bertz CT molecular complexity index is 859. The molecule has 0 aliphatic carbocycles. The van der Waals surface area contributed by atoms with E-state index in [1.54, 1.807) is 31.6 Å². The number of carbonyl (C=O) groups is 3. The molecule has 0 atom stereocenters. The van der Waals surface area contributed by atoms with Gasteiger partial charge in [0.15, 0.2) is 6.61 Å². The molecule has 160 valence electrons. The van der Waals surface area contributed by atoms with Gasteiger partial charge >= 0.3 is 5.97 Å². The number of ether oxygens (including phenoxy) is 1. The molecule has 1 N–H and O–H groups in total. The minimum Gasteiger partial charge on any atom is -0.454 e. The van der Waals surface area contributed by atoms with E-state index in [2.05, 4.69) is 15.3 Å². The summed E-state index contributed by atoms with van der Waals surface area (Å²) in [5.74, 6) is -0.942. The van der Waals surface area contributed by atoms with E-state index in [0.29, 0.717) is 24.6 Å². The van der Waals surface area contributed by atoms with Crippen LogP contribution in [0.1, 0.15) is 18.9 Å². The lowest BCUT2D eigenvalue weighted by Gasteiger charge is -2.22. The number of hydrogen-bond donors (Lipinski definition) is 1. The van der Waals surface area contributed by atoms with Crippen molar-refractivity contribution in [2.24, 2.45) is 0 Å². The van der Waals surface area contributed by atoms with Crippen LogP contribution < -0.4 is 10.2 Å². The third-order valence-corrected chi connectivity index (χ3v) is 4.22. The molecule has 9 nitrogen and oxygen atoms in total. The van der Waals surface area contributed by atoms with Crippen molar-refractivity contribution in [3.63, 3.8) is 0 Å². The fourth-order valence-electron chi connectivity index (χ4n) is 2.67. The molecular formula is C21H27N5O4. The Kier molecular flexibility index (Phi) is 8.74. The second-order valence-corrected chi connectivity index (χ2v) is 6.74. The van der Waals surface area contributed by atoms with Gasteiger partial charge in [-0.3, -0.25) is 14.4 Å². The van der Waals surface area contributed by atoms with Gasteiger partial charge in [-0.25, -0.2) is 9.97 Å². The van der Waals surface area contributed by atoms with Crippen molar-refractivity contribution in [2.75, 3.05) is 43.5 Å². The predicted octanol–water partition coefficient (Wildman–Crippen LogP) is 1.64. The number of likely N-dealkylation sites (N-methyl/N-ethyl adjacent to an activating group) is 1. The van der Waals surface area contributed by atoms with Gasteiger partial charge in [0.05, 0.1) is 6.54 Å². The molecule has 0 unspecified atom stereocenters. The van der Waals surface area contributed by atoms with Crippen molar-refractivity contribution in [3.8, 4) is 0 Å². The van der Waals surface area contributed by atoms with Gasteiger partial charge in [0, 0.05) is 31.7 Å². The van der Waals surface area contributed by atoms with Crippen molar-refractivity contribution in [2.45, 2.75) is 20.3 Å². The number of rotatable bonds is 10. The maximum absolute atomic E-state index is 12.5. The Morgan fingerprint density at radius 1 is 1.07 bits per heavy atom. The van der Waals surface area contributed by atoms with Crippen molar-refractivity contribution < 1.29 is 19.1 Å². The highest BCUT2D eigenvalue weighted by molar-refractivity contribution is 5.95. The molecule has 2 amide bonds. The molecule has 1 aromatic heterocycles. The summed E-state index contributed by atoms with van der Waals surface area (Å²) < 4.78 is 5.08. The first-order valence-electron chi connectivity index (χ1n) is 9.67. The maximum atomic E-state index is 12.5. The minimum atomic E-state index is -0.584. The SMILES string of the molecule is CCCN(CC(=O)Nc1ccccc1C)C(=O)COC(=O)CN(C)c1ncccn1. The molecule has 2 rings (SSSR count). The smallest absolute Gasteiger partial charge is 0.326 e. The number of amides is 2. The Morgan fingerprint density at radius 3 is 2.43 bits per heavy atom. The zero-order chi connectivity index (χ0) is 21.9. The van der Waals surface area contributed by atoms with Gasteiger partial charge in [0.25, 0.3) is 5.91 Å². The van der Waals surface area contributed by atoms with Crippen LogP contribution in [0.25, 0.3) is 0 Å². The Morgan fingerprint density at radius 2 is 1.77 bits per heavy atom. The highest BCUT2D eigenvalue weighted by Crippen LogP contribution is 2.13. The summed E-state index contributed by atoms with van der Waals surface area (Å²) in [5.41, 5.74) is 1.63. The van der Waals surface area contributed by atoms with Crippen LogP contribution in [0.15, 0.2) is 42.7 Å². The number of aromatic nitrogens is 2. The number of para-hydroxylation sites is 1. The summed E-state index contributed by atoms with van der Waals surface area (Å²) in [4.78, 5) is 47.9. The van der Waals surface area contributed by atoms with Crippen LogP contribution in [-0.4, -0.2) is 65.9 Å². The zero-order valence-electron chi connectivity index (χ0n) is 17.5. The van der Waals surface area contributed by atoms with Gasteiger partial charge in [0.2, 0.25) is 11.9 Å². The van der Waals surface area contributed by atoms with Gasteiger partial charge in [0.1, 0.15) is 6.54 Å². The fourth-order valence-corrected chi connectivity index (χ4v) is 2.67. The molecule has 0 fully saturated rings. The number of hydrogen-bond acceptors (Lipinski definition) is 7. The van der Waals surface area contributed by atoms with Crippen molar-refractivity contribution in [1.82, 2.24) is 14.9 Å². The predicted molar refractivity (Wildman–Crippen MR) is 113 cm³/mol. The average molecular weight is 413 g/mol. The summed E-state index contributed by atoms with van der Waals surface area (Å²) in [6.45, 7) is 3.53. The zero-order valence-corrected chi connectivity index (χ0v) is 17.5. The third-order valence-electron chi connectivity index (χ3n) is 4.22. The summed E-state index contributed by atoms with van der Waals surface area (Å²) in [6.07, 6.45) is 3.81. The van der Waals surface area contributed by atoms with Gasteiger partial charge < -0.3 is 19.9 Å². The number of benzene rings is 1. The van der Waals surface area contributed by atoms with Crippen molar-refractivity contribution >= 4 is 29.4 Å². The third kappa shape index (κ3) is 7.16. The van der Waals surface area contributed by atoms with E-state index >= 15 is 0 Å². The monoisotopic (exact) mass is 413 g/mol. The van der Waals surface area contributed by atoms with E-state index < -0.39 is 18.5 Å². The van der Waals surface area contributed by atoms with E-state index in [1.807, 2.05) is 32.0 Å². The number of esters is 1. The molecule has 0 spiro atoms. The van der Waals surface area contributed by atoms with Crippen LogP contribution in [0.3, 0.4) is 0 Å².